The van der Waals surface area contributed by atoms with Crippen LogP contribution in [-0.4, -0.2) is 45.2 Å². The summed E-state index contributed by atoms with van der Waals surface area (Å²) in [4.78, 5) is 25.1. The number of hydrogen-bond acceptors (Lipinski definition) is 3. The zero-order chi connectivity index (χ0) is 15.5. The number of nitrogens with zero attached hydrogens (tertiary/aromatic N) is 2. The SMILES string of the molecule is O=C(O)c1ccc(C(=O)N2CCC(c3cn[nH]c3)CC2)cc1. The van der Waals surface area contributed by atoms with Gasteiger partial charge >= 0.3 is 5.97 Å². The van der Waals surface area contributed by atoms with Gasteiger partial charge in [-0.1, -0.05) is 0 Å². The van der Waals surface area contributed by atoms with Crippen LogP contribution in [0, 0.1) is 0 Å². The lowest BCUT2D eigenvalue weighted by molar-refractivity contribution is 0.0689. The lowest BCUT2D eigenvalue weighted by Gasteiger charge is -2.31. The van der Waals surface area contributed by atoms with E-state index in [9.17, 15) is 9.59 Å². The molecule has 1 aromatic carbocycles. The molecular weight excluding hydrogens is 282 g/mol. The Morgan fingerprint density at radius 3 is 2.32 bits per heavy atom. The molecule has 6 heteroatoms. The van der Waals surface area contributed by atoms with Crippen molar-refractivity contribution in [1.29, 1.82) is 0 Å². The molecule has 3 rings (SSSR count). The number of carbonyl (C=O) groups is 2. The predicted octanol–water partition coefficient (Wildman–Crippen LogP) is 2.13. The number of benzene rings is 1. The van der Waals surface area contributed by atoms with E-state index < -0.39 is 5.97 Å². The zero-order valence-corrected chi connectivity index (χ0v) is 12.0. The molecule has 1 aliphatic rings. The van der Waals surface area contributed by atoms with Gasteiger partial charge in [-0.3, -0.25) is 9.89 Å². The van der Waals surface area contributed by atoms with Crippen molar-refractivity contribution in [2.45, 2.75) is 18.8 Å². The molecule has 2 N–H and O–H groups in total. The Morgan fingerprint density at radius 1 is 1.14 bits per heavy atom. The summed E-state index contributed by atoms with van der Waals surface area (Å²) in [6.45, 7) is 1.41. The van der Waals surface area contributed by atoms with Crippen LogP contribution in [0.3, 0.4) is 0 Å². The maximum absolute atomic E-state index is 12.4. The third-order valence-electron chi connectivity index (χ3n) is 4.15. The minimum Gasteiger partial charge on any atom is -0.478 e. The second kappa shape index (κ2) is 6.01. The first-order chi connectivity index (χ1) is 10.6. The average molecular weight is 299 g/mol. The van der Waals surface area contributed by atoms with Gasteiger partial charge in [0.1, 0.15) is 0 Å². The normalized spacial score (nSPS) is 15.7. The molecule has 0 bridgehead atoms. The molecule has 0 unspecified atom stereocenters. The van der Waals surface area contributed by atoms with Gasteiger partial charge in [0.15, 0.2) is 0 Å². The third kappa shape index (κ3) is 2.86. The molecule has 22 heavy (non-hydrogen) atoms. The molecule has 2 aromatic rings. The summed E-state index contributed by atoms with van der Waals surface area (Å²) in [6.07, 6.45) is 5.58. The van der Waals surface area contributed by atoms with Crippen molar-refractivity contribution in [3.8, 4) is 0 Å². The van der Waals surface area contributed by atoms with Gasteiger partial charge < -0.3 is 10.0 Å². The molecular formula is C16H17N3O3. The van der Waals surface area contributed by atoms with Crippen LogP contribution in [-0.2, 0) is 0 Å². The van der Waals surface area contributed by atoms with Crippen LogP contribution >= 0.6 is 0 Å². The van der Waals surface area contributed by atoms with Crippen LogP contribution in [0.2, 0.25) is 0 Å². The summed E-state index contributed by atoms with van der Waals surface area (Å²) < 4.78 is 0. The molecule has 1 fully saturated rings. The number of H-pyrrole nitrogens is 1. The first-order valence-electron chi connectivity index (χ1n) is 7.26. The van der Waals surface area contributed by atoms with Crippen molar-refractivity contribution in [3.63, 3.8) is 0 Å². The Labute approximate surface area is 127 Å². The van der Waals surface area contributed by atoms with E-state index in [0.717, 1.165) is 12.8 Å². The largest absolute Gasteiger partial charge is 0.478 e. The van der Waals surface area contributed by atoms with Crippen LogP contribution < -0.4 is 0 Å². The lowest BCUT2D eigenvalue weighted by atomic mass is 9.91. The molecule has 0 saturated carbocycles. The summed E-state index contributed by atoms with van der Waals surface area (Å²) in [5.74, 6) is -0.584. The highest BCUT2D eigenvalue weighted by Crippen LogP contribution is 2.27. The quantitative estimate of drug-likeness (QED) is 0.909. The summed E-state index contributed by atoms with van der Waals surface area (Å²) in [5.41, 5.74) is 1.92. The standard InChI is InChI=1S/C16H17N3O3/c20-15(12-1-3-13(4-2-12)16(21)22)19-7-5-11(6-8-19)14-9-17-18-10-14/h1-4,9-11H,5-8H2,(H,17,18)(H,21,22). The number of amides is 1. The molecule has 1 aromatic heterocycles. The van der Waals surface area contributed by atoms with E-state index in [1.54, 1.807) is 12.1 Å². The number of aromatic amines is 1. The molecule has 0 aliphatic carbocycles. The van der Waals surface area contributed by atoms with Gasteiger partial charge in [0.05, 0.1) is 11.8 Å². The van der Waals surface area contributed by atoms with Crippen molar-refractivity contribution >= 4 is 11.9 Å². The van der Waals surface area contributed by atoms with Crippen LogP contribution in [0.15, 0.2) is 36.7 Å². The Bertz CT molecular complexity index is 656. The van der Waals surface area contributed by atoms with Gasteiger partial charge in [0.25, 0.3) is 5.91 Å². The molecule has 1 aliphatic heterocycles. The monoisotopic (exact) mass is 299 g/mol. The molecule has 0 atom stereocenters. The molecule has 6 nitrogen and oxygen atoms in total. The van der Waals surface area contributed by atoms with Crippen molar-refractivity contribution in [3.05, 3.63) is 53.3 Å². The molecule has 1 amide bonds. The molecule has 1 saturated heterocycles. The number of aromatic carboxylic acids is 1. The fraction of sp³-hybridized carbons (Fsp3) is 0.312. The van der Waals surface area contributed by atoms with E-state index in [0.29, 0.717) is 24.6 Å². The topological polar surface area (TPSA) is 86.3 Å². The van der Waals surface area contributed by atoms with Gasteiger partial charge in [-0.05, 0) is 48.6 Å². The fourth-order valence-corrected chi connectivity index (χ4v) is 2.84. The van der Waals surface area contributed by atoms with Crippen molar-refractivity contribution in [2.24, 2.45) is 0 Å². The minimum atomic E-state index is -0.986. The van der Waals surface area contributed by atoms with Crippen molar-refractivity contribution in [2.75, 3.05) is 13.1 Å². The Kier molecular flexibility index (Phi) is 3.91. The molecule has 2 heterocycles. The number of carbonyl (C=O) groups excluding carboxylic acids is 1. The van der Waals surface area contributed by atoms with Gasteiger partial charge in [-0.15, -0.1) is 0 Å². The Hall–Kier alpha value is -2.63. The van der Waals surface area contributed by atoms with E-state index in [2.05, 4.69) is 10.2 Å². The number of piperidine rings is 1. The Morgan fingerprint density at radius 2 is 1.77 bits per heavy atom. The highest BCUT2D eigenvalue weighted by molar-refractivity contribution is 5.96. The smallest absolute Gasteiger partial charge is 0.335 e. The lowest BCUT2D eigenvalue weighted by Crippen LogP contribution is -2.37. The first kappa shape index (κ1) is 14.3. The van der Waals surface area contributed by atoms with Gasteiger partial charge in [-0.2, -0.15) is 5.10 Å². The second-order valence-corrected chi connectivity index (χ2v) is 5.48. The first-order valence-corrected chi connectivity index (χ1v) is 7.26. The van der Waals surface area contributed by atoms with E-state index in [1.807, 2.05) is 17.3 Å². The number of likely N-dealkylation sites (tertiary alicyclic amines) is 1. The van der Waals surface area contributed by atoms with Gasteiger partial charge in [0.2, 0.25) is 0 Å². The maximum atomic E-state index is 12.4. The summed E-state index contributed by atoms with van der Waals surface area (Å²) in [5, 5.41) is 15.7. The summed E-state index contributed by atoms with van der Waals surface area (Å²) >= 11 is 0. The van der Waals surface area contributed by atoms with Crippen LogP contribution in [0.1, 0.15) is 45.0 Å². The van der Waals surface area contributed by atoms with E-state index in [1.165, 1.54) is 17.7 Å². The fourth-order valence-electron chi connectivity index (χ4n) is 2.84. The number of carboxylic acid groups (broad SMARTS) is 1. The maximum Gasteiger partial charge on any atom is 0.335 e. The van der Waals surface area contributed by atoms with E-state index in [-0.39, 0.29) is 11.5 Å². The molecule has 0 spiro atoms. The number of carboxylic acids is 1. The third-order valence-corrected chi connectivity index (χ3v) is 4.15. The minimum absolute atomic E-state index is 0.0393. The van der Waals surface area contributed by atoms with E-state index >= 15 is 0 Å². The van der Waals surface area contributed by atoms with Gasteiger partial charge in [-0.25, -0.2) is 4.79 Å². The number of hydrogen-bond donors (Lipinski definition) is 2. The van der Waals surface area contributed by atoms with Crippen molar-refractivity contribution < 1.29 is 14.7 Å². The zero-order valence-electron chi connectivity index (χ0n) is 12.0. The number of aromatic nitrogens is 2. The Balaban J connectivity index is 1.63. The summed E-state index contributed by atoms with van der Waals surface area (Å²) in [6, 6.07) is 6.09. The highest BCUT2D eigenvalue weighted by atomic mass is 16.4. The molecule has 0 radical (unpaired) electrons. The van der Waals surface area contributed by atoms with Crippen LogP contribution in [0.25, 0.3) is 0 Å². The average Bonchev–Trinajstić information content (AvgIpc) is 3.09. The van der Waals surface area contributed by atoms with Crippen LogP contribution in [0.4, 0.5) is 0 Å². The molecule has 114 valence electrons. The van der Waals surface area contributed by atoms with Crippen LogP contribution in [0.5, 0.6) is 0 Å². The second-order valence-electron chi connectivity index (χ2n) is 5.48. The number of rotatable bonds is 3. The number of nitrogens with one attached hydrogen (secondary N) is 1. The summed E-state index contributed by atoms with van der Waals surface area (Å²) in [7, 11) is 0. The van der Waals surface area contributed by atoms with Gasteiger partial charge in [0, 0.05) is 24.8 Å². The highest BCUT2D eigenvalue weighted by Gasteiger charge is 2.25. The van der Waals surface area contributed by atoms with E-state index in [4.69, 9.17) is 5.11 Å². The predicted molar refractivity (Wildman–Crippen MR) is 79.9 cm³/mol. The van der Waals surface area contributed by atoms with Crippen molar-refractivity contribution in [1.82, 2.24) is 15.1 Å².